The van der Waals surface area contributed by atoms with Gasteiger partial charge in [-0.3, -0.25) is 4.79 Å². The highest BCUT2D eigenvalue weighted by atomic mass is 35.5. The van der Waals surface area contributed by atoms with Crippen molar-refractivity contribution < 1.29 is 22.0 Å². The number of nitrogens with two attached hydrogens (primary N) is 1. The van der Waals surface area contributed by atoms with Crippen LogP contribution in [0.1, 0.15) is 28.1 Å². The van der Waals surface area contributed by atoms with Crippen molar-refractivity contribution in [2.45, 2.75) is 23.8 Å². The molecule has 4 heterocycles. The summed E-state index contributed by atoms with van der Waals surface area (Å²) in [5.74, 6) is -2.45. The van der Waals surface area contributed by atoms with Crippen LogP contribution < -0.4 is 16.0 Å². The Bertz CT molecular complexity index is 1440. The van der Waals surface area contributed by atoms with Crippen LogP contribution in [0.3, 0.4) is 0 Å². The van der Waals surface area contributed by atoms with E-state index < -0.39 is 33.0 Å². The fourth-order valence-electron chi connectivity index (χ4n) is 4.56. The molecule has 3 aromatic rings. The number of piperidine rings is 1. The van der Waals surface area contributed by atoms with E-state index in [0.29, 0.717) is 23.9 Å². The van der Waals surface area contributed by atoms with E-state index in [9.17, 15) is 22.0 Å². The molecule has 2 saturated heterocycles. The monoisotopic (exact) mass is 614 g/mol. The van der Waals surface area contributed by atoms with Crippen molar-refractivity contribution in [3.8, 4) is 0 Å². The van der Waals surface area contributed by atoms with Crippen molar-refractivity contribution in [3.63, 3.8) is 0 Å². The molecule has 0 bridgehead atoms. The van der Waals surface area contributed by atoms with Crippen molar-refractivity contribution in [1.82, 2.24) is 24.2 Å². The van der Waals surface area contributed by atoms with E-state index in [0.717, 1.165) is 49.6 Å². The molecule has 40 heavy (non-hydrogen) atoms. The van der Waals surface area contributed by atoms with Crippen LogP contribution in [0.2, 0.25) is 0 Å². The largest absolute Gasteiger partial charge is 0.382 e. The zero-order valence-electron chi connectivity index (χ0n) is 21.6. The standard InChI is InChI=1S/C24H28F2N8O3S2.ClH/c1-32-9-11-33(12-10-32)23-28-13-16(14-29-23)39(36,37)34-7-5-15(6-8-34)30-24-31-22(27)21(38-24)20(35)19-17(25)3-2-4-18(19)26;/h2-4,13-15H,5-12,27H2,1H3,(H,30,31);1H. The molecule has 0 atom stereocenters. The summed E-state index contributed by atoms with van der Waals surface area (Å²) in [6, 6.07) is 3.05. The van der Waals surface area contributed by atoms with E-state index in [-0.39, 0.29) is 47.1 Å². The summed E-state index contributed by atoms with van der Waals surface area (Å²) in [7, 11) is -1.71. The summed E-state index contributed by atoms with van der Waals surface area (Å²) in [5.41, 5.74) is 5.20. The quantitative estimate of drug-likeness (QED) is 0.382. The van der Waals surface area contributed by atoms with Gasteiger partial charge in [0, 0.05) is 45.3 Å². The zero-order valence-corrected chi connectivity index (χ0v) is 24.0. The van der Waals surface area contributed by atoms with Crippen LogP contribution in [-0.2, 0) is 10.0 Å². The Morgan fingerprint density at radius 2 is 1.65 bits per heavy atom. The third kappa shape index (κ3) is 6.17. The maximum atomic E-state index is 14.1. The number of thiazole rings is 1. The maximum Gasteiger partial charge on any atom is 0.246 e. The first kappa shape index (κ1) is 30.0. The number of nitrogens with zero attached hydrogens (tertiary/aromatic N) is 6. The van der Waals surface area contributed by atoms with Gasteiger partial charge in [-0.05, 0) is 32.0 Å². The molecule has 3 N–H and O–H groups in total. The molecule has 2 aromatic heterocycles. The number of rotatable bonds is 7. The van der Waals surface area contributed by atoms with Gasteiger partial charge in [0.2, 0.25) is 21.8 Å². The van der Waals surface area contributed by atoms with E-state index >= 15 is 0 Å². The molecule has 2 fully saturated rings. The number of anilines is 3. The third-order valence-corrected chi connectivity index (χ3v) is 9.72. The number of hydrogen-bond donors (Lipinski definition) is 2. The minimum Gasteiger partial charge on any atom is -0.382 e. The van der Waals surface area contributed by atoms with Gasteiger partial charge in [-0.25, -0.2) is 32.2 Å². The predicted molar refractivity (Wildman–Crippen MR) is 151 cm³/mol. The second-order valence-electron chi connectivity index (χ2n) is 9.49. The number of carbonyl (C=O) groups is 1. The number of piperazine rings is 1. The Morgan fingerprint density at radius 3 is 2.25 bits per heavy atom. The highest BCUT2D eigenvalue weighted by Gasteiger charge is 2.31. The molecular weight excluding hydrogens is 586 g/mol. The number of halogens is 3. The molecule has 0 unspecified atom stereocenters. The number of hydrogen-bond acceptors (Lipinski definition) is 11. The van der Waals surface area contributed by atoms with Crippen LogP contribution in [-0.4, -0.2) is 90.7 Å². The van der Waals surface area contributed by atoms with Crippen molar-refractivity contribution in [2.24, 2.45) is 0 Å². The van der Waals surface area contributed by atoms with E-state index in [1.165, 1.54) is 22.8 Å². The van der Waals surface area contributed by atoms with E-state index in [4.69, 9.17) is 5.73 Å². The number of nitrogens with one attached hydrogen (secondary N) is 1. The Hall–Kier alpha value is -2.98. The smallest absolute Gasteiger partial charge is 0.246 e. The number of nitrogen functional groups attached to an aromatic ring is 1. The van der Waals surface area contributed by atoms with Crippen molar-refractivity contribution >= 4 is 56.4 Å². The Kier molecular flexibility index (Phi) is 9.19. The Labute approximate surface area is 240 Å². The molecular formula is C24H29ClF2N8O3S2. The van der Waals surface area contributed by atoms with Gasteiger partial charge in [-0.2, -0.15) is 4.31 Å². The first-order valence-electron chi connectivity index (χ1n) is 12.4. The minimum atomic E-state index is -3.76. The molecule has 0 spiro atoms. The average molecular weight is 615 g/mol. The lowest BCUT2D eigenvalue weighted by atomic mass is 10.1. The van der Waals surface area contributed by atoms with E-state index in [1.807, 2.05) is 11.9 Å². The summed E-state index contributed by atoms with van der Waals surface area (Å²) in [4.78, 5) is 29.7. The number of sulfonamides is 1. The summed E-state index contributed by atoms with van der Waals surface area (Å²) in [6.07, 6.45) is 3.67. The molecule has 0 amide bonds. The molecule has 1 aromatic carbocycles. The maximum absolute atomic E-state index is 14.1. The highest BCUT2D eigenvalue weighted by molar-refractivity contribution is 7.89. The molecule has 0 saturated carbocycles. The zero-order chi connectivity index (χ0) is 27.7. The summed E-state index contributed by atoms with van der Waals surface area (Å²) in [5, 5.41) is 3.49. The van der Waals surface area contributed by atoms with Gasteiger partial charge >= 0.3 is 0 Å². The molecule has 11 nitrogen and oxygen atoms in total. The molecule has 5 rings (SSSR count). The number of benzene rings is 1. The van der Waals surface area contributed by atoms with Crippen LogP contribution in [0.5, 0.6) is 0 Å². The lowest BCUT2D eigenvalue weighted by molar-refractivity contribution is 0.103. The predicted octanol–water partition coefficient (Wildman–Crippen LogP) is 2.46. The number of likely N-dealkylation sites (N-methyl/N-ethyl adjacent to an activating group) is 1. The summed E-state index contributed by atoms with van der Waals surface area (Å²) < 4.78 is 55.9. The van der Waals surface area contributed by atoms with E-state index in [1.54, 1.807) is 0 Å². The molecule has 0 aliphatic carbocycles. The Balaban J connectivity index is 0.00000370. The first-order valence-corrected chi connectivity index (χ1v) is 14.7. The molecule has 0 radical (unpaired) electrons. The molecule has 216 valence electrons. The van der Waals surface area contributed by atoms with Gasteiger partial charge in [-0.15, -0.1) is 12.4 Å². The minimum absolute atomic E-state index is 0. The number of ketones is 1. The van der Waals surface area contributed by atoms with Gasteiger partial charge in [0.05, 0.1) is 18.0 Å². The van der Waals surface area contributed by atoms with Crippen molar-refractivity contribution in [1.29, 1.82) is 0 Å². The molecule has 16 heteroatoms. The van der Waals surface area contributed by atoms with Gasteiger partial charge < -0.3 is 20.9 Å². The molecule has 2 aliphatic heterocycles. The average Bonchev–Trinajstić information content (AvgIpc) is 3.29. The lowest BCUT2D eigenvalue weighted by Gasteiger charge is -2.32. The van der Waals surface area contributed by atoms with Crippen LogP contribution in [0.4, 0.5) is 25.7 Å². The lowest BCUT2D eigenvalue weighted by Crippen LogP contribution is -2.45. The third-order valence-electron chi connectivity index (χ3n) is 6.87. The topological polar surface area (TPSA) is 138 Å². The fraction of sp³-hybridized carbons (Fsp3) is 0.417. The van der Waals surface area contributed by atoms with Gasteiger partial charge in [0.15, 0.2) is 5.13 Å². The normalized spacial score (nSPS) is 17.4. The number of carbonyl (C=O) groups excluding carboxylic acids is 1. The first-order chi connectivity index (χ1) is 18.6. The van der Waals surface area contributed by atoms with Crippen LogP contribution >= 0.6 is 23.7 Å². The van der Waals surface area contributed by atoms with Gasteiger partial charge in [-0.1, -0.05) is 17.4 Å². The van der Waals surface area contributed by atoms with Crippen LogP contribution in [0.25, 0.3) is 0 Å². The van der Waals surface area contributed by atoms with Crippen LogP contribution in [0.15, 0.2) is 35.5 Å². The second kappa shape index (κ2) is 12.3. The van der Waals surface area contributed by atoms with Gasteiger partial charge in [0.25, 0.3) is 0 Å². The SMILES string of the molecule is CN1CCN(c2ncc(S(=O)(=O)N3CCC(Nc4nc(N)c(C(=O)c5c(F)cccc5F)s4)CC3)cn2)CC1.Cl. The molecule has 2 aliphatic rings. The van der Waals surface area contributed by atoms with Crippen LogP contribution in [0, 0.1) is 11.6 Å². The summed E-state index contributed by atoms with van der Waals surface area (Å²) in [6.45, 7) is 3.86. The highest BCUT2D eigenvalue weighted by Crippen LogP contribution is 2.31. The van der Waals surface area contributed by atoms with Gasteiger partial charge in [0.1, 0.15) is 27.2 Å². The van der Waals surface area contributed by atoms with E-state index in [2.05, 4.69) is 25.2 Å². The second-order valence-corrected chi connectivity index (χ2v) is 12.4. The number of aromatic nitrogens is 3. The van der Waals surface area contributed by atoms with Crippen molar-refractivity contribution in [2.75, 3.05) is 62.3 Å². The Morgan fingerprint density at radius 1 is 1.05 bits per heavy atom. The van der Waals surface area contributed by atoms with Crippen molar-refractivity contribution in [3.05, 3.63) is 52.7 Å². The summed E-state index contributed by atoms with van der Waals surface area (Å²) >= 11 is 0.905. The fourth-order valence-corrected chi connectivity index (χ4v) is 6.83.